The maximum atomic E-state index is 13.1. The third-order valence-corrected chi connectivity index (χ3v) is 6.35. The van der Waals surface area contributed by atoms with Crippen LogP contribution in [0, 0.1) is 0 Å². The first-order valence-corrected chi connectivity index (χ1v) is 9.75. The van der Waals surface area contributed by atoms with Crippen molar-refractivity contribution in [1.82, 2.24) is 14.2 Å². The largest absolute Gasteiger partial charge is 0.492 e. The average molecular weight is 349 g/mol. The fourth-order valence-corrected chi connectivity index (χ4v) is 4.65. The van der Waals surface area contributed by atoms with Crippen LogP contribution in [0.5, 0.6) is 5.75 Å². The molecule has 0 unspecified atom stereocenters. The van der Waals surface area contributed by atoms with E-state index in [1.807, 2.05) is 6.92 Å². The van der Waals surface area contributed by atoms with Gasteiger partial charge in [-0.15, -0.1) is 0 Å². The van der Waals surface area contributed by atoms with Crippen LogP contribution in [0.1, 0.15) is 13.8 Å². The number of nitrogens with zero attached hydrogens (tertiary/aromatic N) is 3. The Morgan fingerprint density at radius 2 is 1.88 bits per heavy atom. The second-order valence-corrected chi connectivity index (χ2v) is 7.64. The Balaban J connectivity index is 2.01. The lowest BCUT2D eigenvalue weighted by Crippen LogP contribution is -2.48. The molecule has 2 heterocycles. The molecule has 1 aromatic carbocycles. The fourth-order valence-electron chi connectivity index (χ4n) is 3.04. The summed E-state index contributed by atoms with van der Waals surface area (Å²) in [5.74, 6) is 0.614. The SMILES string of the molecule is CCOc1ccc(S(=O)(=O)N2CCN(CC)CC2)c2cccnc12. The summed E-state index contributed by atoms with van der Waals surface area (Å²) < 4.78 is 33.4. The van der Waals surface area contributed by atoms with Crippen molar-refractivity contribution in [2.45, 2.75) is 18.7 Å². The molecule has 1 aromatic heterocycles. The highest BCUT2D eigenvalue weighted by atomic mass is 32.2. The zero-order valence-corrected chi connectivity index (χ0v) is 14.9. The van der Waals surface area contributed by atoms with Crippen molar-refractivity contribution in [3.05, 3.63) is 30.5 Å². The van der Waals surface area contributed by atoms with E-state index >= 15 is 0 Å². The number of hydrogen-bond acceptors (Lipinski definition) is 5. The highest BCUT2D eigenvalue weighted by Crippen LogP contribution is 2.31. The van der Waals surface area contributed by atoms with Gasteiger partial charge in [0.15, 0.2) is 0 Å². The van der Waals surface area contributed by atoms with Crippen molar-refractivity contribution in [2.75, 3.05) is 39.3 Å². The molecule has 0 N–H and O–H groups in total. The van der Waals surface area contributed by atoms with E-state index in [-0.39, 0.29) is 0 Å². The number of ether oxygens (including phenoxy) is 1. The number of piperazine rings is 1. The standard InChI is InChI=1S/C17H23N3O3S/c1-3-19-10-12-20(13-11-19)24(21,22)16-8-7-15(23-4-2)17-14(16)6-5-9-18-17/h5-9H,3-4,10-13H2,1-2H3. The first-order chi connectivity index (χ1) is 11.6. The van der Waals surface area contributed by atoms with Gasteiger partial charge in [-0.25, -0.2) is 8.42 Å². The fraction of sp³-hybridized carbons (Fsp3) is 0.471. The molecular weight excluding hydrogens is 326 g/mol. The molecule has 6 nitrogen and oxygen atoms in total. The number of hydrogen-bond donors (Lipinski definition) is 0. The number of fused-ring (bicyclic) bond motifs is 1. The van der Waals surface area contributed by atoms with Gasteiger partial charge in [0, 0.05) is 37.8 Å². The normalized spacial score (nSPS) is 17.2. The van der Waals surface area contributed by atoms with Crippen LogP contribution in [0.2, 0.25) is 0 Å². The summed E-state index contributed by atoms with van der Waals surface area (Å²) in [6.07, 6.45) is 1.65. The summed E-state index contributed by atoms with van der Waals surface area (Å²) >= 11 is 0. The van der Waals surface area contributed by atoms with Gasteiger partial charge in [-0.05, 0) is 37.7 Å². The van der Waals surface area contributed by atoms with Gasteiger partial charge in [-0.1, -0.05) is 6.92 Å². The van der Waals surface area contributed by atoms with Crippen LogP contribution < -0.4 is 4.74 Å². The summed E-state index contributed by atoms with van der Waals surface area (Å²) in [7, 11) is -3.54. The maximum absolute atomic E-state index is 13.1. The lowest BCUT2D eigenvalue weighted by atomic mass is 10.2. The van der Waals surface area contributed by atoms with Gasteiger partial charge in [0.05, 0.1) is 11.5 Å². The summed E-state index contributed by atoms with van der Waals surface area (Å²) in [5, 5.41) is 0.612. The van der Waals surface area contributed by atoms with Crippen molar-refractivity contribution in [2.24, 2.45) is 0 Å². The van der Waals surface area contributed by atoms with E-state index in [9.17, 15) is 8.42 Å². The Kier molecular flexibility index (Phi) is 5.03. The molecule has 0 saturated carbocycles. The van der Waals surface area contributed by atoms with E-state index in [1.54, 1.807) is 34.8 Å². The van der Waals surface area contributed by atoms with E-state index in [4.69, 9.17) is 4.74 Å². The lowest BCUT2D eigenvalue weighted by molar-refractivity contribution is 0.196. The Morgan fingerprint density at radius 3 is 2.54 bits per heavy atom. The van der Waals surface area contributed by atoms with E-state index in [0.29, 0.717) is 41.2 Å². The van der Waals surface area contributed by atoms with Gasteiger partial charge in [0.25, 0.3) is 0 Å². The van der Waals surface area contributed by atoms with E-state index in [2.05, 4.69) is 16.8 Å². The van der Waals surface area contributed by atoms with Crippen LogP contribution in [0.3, 0.4) is 0 Å². The van der Waals surface area contributed by atoms with Crippen LogP contribution in [-0.4, -0.2) is 61.9 Å². The van der Waals surface area contributed by atoms with Crippen LogP contribution in [0.4, 0.5) is 0 Å². The Morgan fingerprint density at radius 1 is 1.12 bits per heavy atom. The van der Waals surface area contributed by atoms with Crippen molar-refractivity contribution in [3.63, 3.8) is 0 Å². The molecule has 0 bridgehead atoms. The third-order valence-electron chi connectivity index (χ3n) is 4.39. The lowest BCUT2D eigenvalue weighted by Gasteiger charge is -2.33. The molecule has 0 atom stereocenters. The topological polar surface area (TPSA) is 62.7 Å². The van der Waals surface area contributed by atoms with Gasteiger partial charge < -0.3 is 9.64 Å². The second-order valence-electron chi connectivity index (χ2n) is 5.73. The Labute approximate surface area is 143 Å². The third kappa shape index (κ3) is 3.11. The predicted molar refractivity (Wildman–Crippen MR) is 93.8 cm³/mol. The van der Waals surface area contributed by atoms with Gasteiger partial charge >= 0.3 is 0 Å². The van der Waals surface area contributed by atoms with Crippen LogP contribution in [0.15, 0.2) is 35.4 Å². The molecule has 24 heavy (non-hydrogen) atoms. The zero-order valence-electron chi connectivity index (χ0n) is 14.1. The Bertz CT molecular complexity index is 815. The smallest absolute Gasteiger partial charge is 0.243 e. The van der Waals surface area contributed by atoms with Crippen LogP contribution >= 0.6 is 0 Å². The first-order valence-electron chi connectivity index (χ1n) is 8.31. The summed E-state index contributed by atoms with van der Waals surface area (Å²) in [4.78, 5) is 6.89. The van der Waals surface area contributed by atoms with Crippen LogP contribution in [0.25, 0.3) is 10.9 Å². The van der Waals surface area contributed by atoms with E-state index < -0.39 is 10.0 Å². The zero-order chi connectivity index (χ0) is 17.2. The van der Waals surface area contributed by atoms with Gasteiger partial charge in [0.2, 0.25) is 10.0 Å². The van der Waals surface area contributed by atoms with Crippen molar-refractivity contribution in [3.8, 4) is 5.75 Å². The molecular formula is C17H23N3O3S. The molecule has 1 saturated heterocycles. The highest BCUT2D eigenvalue weighted by molar-refractivity contribution is 7.89. The maximum Gasteiger partial charge on any atom is 0.243 e. The van der Waals surface area contributed by atoms with Crippen molar-refractivity contribution < 1.29 is 13.2 Å². The Hall–Kier alpha value is -1.70. The monoisotopic (exact) mass is 349 g/mol. The van der Waals surface area contributed by atoms with E-state index in [1.165, 1.54) is 0 Å². The molecule has 1 fully saturated rings. The molecule has 2 aromatic rings. The molecule has 1 aliphatic heterocycles. The molecule has 3 rings (SSSR count). The molecule has 1 aliphatic rings. The average Bonchev–Trinajstić information content (AvgIpc) is 2.62. The van der Waals surface area contributed by atoms with E-state index in [0.717, 1.165) is 19.6 Å². The quantitative estimate of drug-likeness (QED) is 0.826. The summed E-state index contributed by atoms with van der Waals surface area (Å²) in [5.41, 5.74) is 0.590. The minimum Gasteiger partial charge on any atom is -0.492 e. The van der Waals surface area contributed by atoms with Gasteiger partial charge in [-0.2, -0.15) is 4.31 Å². The number of aromatic nitrogens is 1. The second kappa shape index (κ2) is 7.04. The first kappa shape index (κ1) is 17.1. The van der Waals surface area contributed by atoms with Crippen molar-refractivity contribution >= 4 is 20.9 Å². The number of sulfonamides is 1. The predicted octanol–water partition coefficient (Wildman–Crippen LogP) is 1.96. The number of pyridine rings is 1. The van der Waals surface area contributed by atoms with Gasteiger partial charge in [0.1, 0.15) is 11.3 Å². The number of likely N-dealkylation sites (N-methyl/N-ethyl adjacent to an activating group) is 1. The molecule has 0 spiro atoms. The highest BCUT2D eigenvalue weighted by Gasteiger charge is 2.30. The minimum absolute atomic E-state index is 0.305. The summed E-state index contributed by atoms with van der Waals surface area (Å²) in [6.45, 7) is 8.02. The molecule has 130 valence electrons. The van der Waals surface area contributed by atoms with Crippen molar-refractivity contribution in [1.29, 1.82) is 0 Å². The van der Waals surface area contributed by atoms with Crippen LogP contribution in [-0.2, 0) is 10.0 Å². The number of benzene rings is 1. The summed E-state index contributed by atoms with van der Waals surface area (Å²) in [6, 6.07) is 6.89. The molecule has 0 amide bonds. The molecule has 0 radical (unpaired) electrons. The van der Waals surface area contributed by atoms with Gasteiger partial charge in [-0.3, -0.25) is 4.98 Å². The molecule has 0 aliphatic carbocycles. The minimum atomic E-state index is -3.54. The number of rotatable bonds is 5. The molecule has 7 heteroatoms.